The Labute approximate surface area is 344 Å². The topological polar surface area (TPSA) is 85.6 Å². The molecule has 2 aliphatic rings. The molecule has 0 radical (unpaired) electrons. The lowest BCUT2D eigenvalue weighted by Gasteiger charge is -2.18. The molecule has 7 heterocycles. The Morgan fingerprint density at radius 1 is 0.698 bits per heavy atom. The summed E-state index contributed by atoms with van der Waals surface area (Å²) in [6.07, 6.45) is 11.6. The Hall–Kier alpha value is -2.91. The molecule has 0 saturated carbocycles. The lowest BCUT2D eigenvalue weighted by atomic mass is 9.95. The summed E-state index contributed by atoms with van der Waals surface area (Å²) >= 11 is 14.2. The maximum absolute atomic E-state index is 9.37. The Morgan fingerprint density at radius 2 is 1.32 bits per heavy atom. The van der Waals surface area contributed by atoms with Gasteiger partial charge in [0, 0.05) is 59.8 Å². The van der Waals surface area contributed by atoms with E-state index in [0.29, 0.717) is 11.2 Å². The van der Waals surface area contributed by atoms with Crippen molar-refractivity contribution in [2.75, 3.05) is 11.1 Å². The highest BCUT2D eigenvalue weighted by molar-refractivity contribution is 8.07. The predicted octanol–water partition coefficient (Wildman–Crippen LogP) is 15.1. The molecule has 3 atom stereocenters. The van der Waals surface area contributed by atoms with Gasteiger partial charge in [0.05, 0.1) is 9.90 Å². The number of thioether (sulfide) groups is 2. The molecular weight excluding hydrogens is 805 g/mol. The van der Waals surface area contributed by atoms with Crippen LogP contribution in [0.3, 0.4) is 0 Å². The van der Waals surface area contributed by atoms with Crippen LogP contribution in [-0.4, -0.2) is 5.37 Å². The number of unbranched alkanes of at least 4 members (excludes halogenated alkanes) is 5. The second-order valence-electron chi connectivity index (χ2n) is 13.0. The zero-order valence-electron chi connectivity index (χ0n) is 28.9. The predicted molar refractivity (Wildman–Crippen MR) is 236 cm³/mol. The number of nitriles is 2. The molecule has 1 aromatic carbocycles. The SMILES string of the molecule is CCCCCCCCC1C=C(C2Nc3cc(Sc4ccc(-c5ccc(-c6ccc(C#N)s6)s5)s4)c(N)cc3S2)SC1c1ccc(-c2ccc(C#N)s2)s1. The van der Waals surface area contributed by atoms with E-state index in [1.54, 1.807) is 57.1 Å². The number of nitrogens with two attached hydrogens (primary N) is 1. The molecule has 2 aliphatic heterocycles. The van der Waals surface area contributed by atoms with Crippen LogP contribution in [0.15, 0.2) is 97.8 Å². The summed E-state index contributed by atoms with van der Waals surface area (Å²) < 4.78 is 1.21. The fourth-order valence-electron chi connectivity index (χ4n) is 6.60. The summed E-state index contributed by atoms with van der Waals surface area (Å²) in [5, 5.41) is 23.0. The Kier molecular flexibility index (Phi) is 11.8. The molecule has 5 aromatic heterocycles. The number of benzene rings is 1. The van der Waals surface area contributed by atoms with Gasteiger partial charge in [-0.15, -0.1) is 68.4 Å². The molecule has 268 valence electrons. The van der Waals surface area contributed by atoms with Gasteiger partial charge in [0.2, 0.25) is 0 Å². The van der Waals surface area contributed by atoms with Crippen LogP contribution in [-0.2, 0) is 0 Å². The number of nitrogens with one attached hydrogen (secondary N) is 1. The summed E-state index contributed by atoms with van der Waals surface area (Å²) in [6, 6.07) is 30.2. The zero-order chi connectivity index (χ0) is 36.3. The van der Waals surface area contributed by atoms with Crippen LogP contribution in [0.4, 0.5) is 11.4 Å². The number of allylic oxidation sites excluding steroid dienone is 1. The molecular formula is C41H36N4S8. The second kappa shape index (κ2) is 16.8. The largest absolute Gasteiger partial charge is 0.398 e. The molecule has 0 saturated heterocycles. The van der Waals surface area contributed by atoms with E-state index in [9.17, 15) is 10.5 Å². The molecule has 3 unspecified atom stereocenters. The van der Waals surface area contributed by atoms with Crippen LogP contribution in [0.25, 0.3) is 29.3 Å². The number of nitrogen functional groups attached to an aromatic ring is 1. The third-order valence-electron chi connectivity index (χ3n) is 9.29. The second-order valence-corrected chi connectivity index (χ2v) is 22.1. The first-order valence-corrected chi connectivity index (χ1v) is 24.4. The fourth-order valence-corrected chi connectivity index (χ4v) is 15.7. The number of rotatable bonds is 14. The number of anilines is 2. The standard InChI is InChI=1S/C41H36N4S8/c1-2-3-4-5-6-7-8-24-19-38(52-40(24)35-16-15-32(49-35)30-12-10-26(23-43)47-30)41-45-28-21-36(27(44)20-37(28)53-41)51-39-18-17-34(50-39)33-14-13-31(48-33)29-11-9-25(22-42)46-29/h9-21,24,40-41,45H,2-8,44H2,1H3. The van der Waals surface area contributed by atoms with E-state index >= 15 is 0 Å². The van der Waals surface area contributed by atoms with Gasteiger partial charge in [0.25, 0.3) is 0 Å². The van der Waals surface area contributed by atoms with Crippen molar-refractivity contribution in [3.63, 3.8) is 0 Å². The van der Waals surface area contributed by atoms with Crippen molar-refractivity contribution < 1.29 is 0 Å². The molecule has 0 amide bonds. The molecule has 0 spiro atoms. The van der Waals surface area contributed by atoms with Gasteiger partial charge in [-0.2, -0.15) is 10.5 Å². The van der Waals surface area contributed by atoms with Gasteiger partial charge in [-0.05, 0) is 85.1 Å². The summed E-state index contributed by atoms with van der Waals surface area (Å²) in [6.45, 7) is 2.28. The van der Waals surface area contributed by atoms with Crippen LogP contribution >= 0.6 is 92.0 Å². The Morgan fingerprint density at radius 3 is 2.04 bits per heavy atom. The maximum Gasteiger partial charge on any atom is 0.110 e. The van der Waals surface area contributed by atoms with E-state index in [1.165, 1.54) is 88.2 Å². The average molecular weight is 841 g/mol. The molecule has 4 nitrogen and oxygen atoms in total. The van der Waals surface area contributed by atoms with Crippen molar-refractivity contribution in [2.24, 2.45) is 5.92 Å². The van der Waals surface area contributed by atoms with E-state index in [0.717, 1.165) is 30.9 Å². The summed E-state index contributed by atoms with van der Waals surface area (Å²) in [5.41, 5.74) is 8.68. The quantitative estimate of drug-likeness (QED) is 0.0834. The molecule has 12 heteroatoms. The van der Waals surface area contributed by atoms with Gasteiger partial charge < -0.3 is 11.1 Å². The van der Waals surface area contributed by atoms with Crippen molar-refractivity contribution in [1.29, 1.82) is 10.5 Å². The van der Waals surface area contributed by atoms with Gasteiger partial charge in [-0.25, -0.2) is 0 Å². The van der Waals surface area contributed by atoms with Crippen molar-refractivity contribution in [3.8, 4) is 41.4 Å². The normalized spacial score (nSPS) is 17.7. The van der Waals surface area contributed by atoms with E-state index in [2.05, 4.69) is 85.1 Å². The summed E-state index contributed by atoms with van der Waals surface area (Å²) in [7, 11) is 0. The van der Waals surface area contributed by atoms with Crippen LogP contribution in [0, 0.1) is 28.6 Å². The van der Waals surface area contributed by atoms with E-state index in [1.807, 2.05) is 53.1 Å². The number of nitrogens with zero attached hydrogens (tertiary/aromatic N) is 2. The molecule has 0 fully saturated rings. The Balaban J connectivity index is 0.952. The molecule has 53 heavy (non-hydrogen) atoms. The molecule has 0 aliphatic carbocycles. The van der Waals surface area contributed by atoms with E-state index < -0.39 is 0 Å². The number of fused-ring (bicyclic) bond motifs is 1. The van der Waals surface area contributed by atoms with Gasteiger partial charge in [0.15, 0.2) is 0 Å². The smallest absolute Gasteiger partial charge is 0.110 e. The zero-order valence-corrected chi connectivity index (χ0v) is 35.5. The first-order chi connectivity index (χ1) is 26.0. The van der Waals surface area contributed by atoms with E-state index in [4.69, 9.17) is 5.73 Å². The lowest BCUT2D eigenvalue weighted by molar-refractivity contribution is 0.517. The van der Waals surface area contributed by atoms with Crippen LogP contribution in [0.2, 0.25) is 0 Å². The summed E-state index contributed by atoms with van der Waals surface area (Å²) in [5.74, 6) is 0.501. The third kappa shape index (κ3) is 8.36. The van der Waals surface area contributed by atoms with Crippen molar-refractivity contribution in [2.45, 2.75) is 76.5 Å². The van der Waals surface area contributed by atoms with Gasteiger partial charge in [-0.3, -0.25) is 0 Å². The minimum absolute atomic E-state index is 0.176. The first-order valence-electron chi connectivity index (χ1n) is 17.7. The van der Waals surface area contributed by atoms with Gasteiger partial charge in [0.1, 0.15) is 27.3 Å². The highest BCUT2D eigenvalue weighted by Gasteiger charge is 2.36. The highest BCUT2D eigenvalue weighted by Crippen LogP contribution is 2.57. The Bertz CT molecular complexity index is 2340. The molecule has 0 bridgehead atoms. The minimum atomic E-state index is 0.176. The van der Waals surface area contributed by atoms with Crippen LogP contribution in [0.5, 0.6) is 0 Å². The number of hydrogen-bond donors (Lipinski definition) is 2. The van der Waals surface area contributed by atoms with Gasteiger partial charge >= 0.3 is 0 Å². The maximum atomic E-state index is 9.37. The highest BCUT2D eigenvalue weighted by atomic mass is 32.2. The van der Waals surface area contributed by atoms with Crippen LogP contribution in [0.1, 0.15) is 71.8 Å². The number of thiophene rings is 5. The van der Waals surface area contributed by atoms with Crippen molar-refractivity contribution in [1.82, 2.24) is 0 Å². The van der Waals surface area contributed by atoms with Crippen molar-refractivity contribution in [3.05, 3.63) is 98.4 Å². The van der Waals surface area contributed by atoms with Crippen molar-refractivity contribution >= 4 is 103 Å². The van der Waals surface area contributed by atoms with Crippen LogP contribution < -0.4 is 11.1 Å². The average Bonchev–Trinajstić information content (AvgIpc) is 4.01. The summed E-state index contributed by atoms with van der Waals surface area (Å²) in [4.78, 5) is 13.9. The first kappa shape index (κ1) is 37.0. The minimum Gasteiger partial charge on any atom is -0.398 e. The third-order valence-corrected chi connectivity index (χ3v) is 19.4. The molecule has 8 rings (SSSR count). The van der Waals surface area contributed by atoms with Gasteiger partial charge in [-0.1, -0.05) is 75.0 Å². The lowest BCUT2D eigenvalue weighted by Crippen LogP contribution is -2.10. The van der Waals surface area contributed by atoms with E-state index in [-0.39, 0.29) is 5.37 Å². The fraction of sp³-hybridized carbons (Fsp3) is 0.268. The monoisotopic (exact) mass is 840 g/mol. The molecule has 6 aromatic rings. The molecule has 3 N–H and O–H groups in total. The number of hydrogen-bond acceptors (Lipinski definition) is 12.